The monoisotopic (exact) mass is 304 g/mol. The van der Waals surface area contributed by atoms with E-state index in [1.165, 1.54) is 12.1 Å². The fourth-order valence-corrected chi connectivity index (χ4v) is 2.29. The molecular formula is C19H16N2O2. The molecule has 23 heavy (non-hydrogen) atoms. The molecule has 0 radical (unpaired) electrons. The van der Waals surface area contributed by atoms with Crippen LogP contribution in [0, 0.1) is 0 Å². The number of benzene rings is 3. The predicted molar refractivity (Wildman–Crippen MR) is 91.7 cm³/mol. The normalized spacial score (nSPS) is 11.4. The summed E-state index contributed by atoms with van der Waals surface area (Å²) in [6.45, 7) is 1.85. The first-order valence-corrected chi connectivity index (χ1v) is 7.26. The summed E-state index contributed by atoms with van der Waals surface area (Å²) in [4.78, 5) is 12.0. The topological polar surface area (TPSA) is 61.7 Å². The van der Waals surface area contributed by atoms with E-state index < -0.39 is 0 Å². The molecule has 0 aliphatic carbocycles. The molecule has 4 heteroatoms. The summed E-state index contributed by atoms with van der Waals surface area (Å²) in [5.41, 5.74) is 4.65. The van der Waals surface area contributed by atoms with Gasteiger partial charge in [0.25, 0.3) is 5.91 Å². The largest absolute Gasteiger partial charge is 0.508 e. The molecule has 0 saturated carbocycles. The molecule has 1 amide bonds. The summed E-state index contributed by atoms with van der Waals surface area (Å²) in [6, 6.07) is 20.2. The maximum atomic E-state index is 12.0. The van der Waals surface area contributed by atoms with Crippen LogP contribution in [0.5, 0.6) is 5.75 Å². The highest BCUT2D eigenvalue weighted by Gasteiger charge is 2.05. The Hall–Kier alpha value is -3.14. The molecule has 0 fully saturated rings. The molecule has 0 spiro atoms. The quantitative estimate of drug-likeness (QED) is 0.572. The van der Waals surface area contributed by atoms with Crippen molar-refractivity contribution in [2.75, 3.05) is 0 Å². The number of nitrogens with one attached hydrogen (secondary N) is 1. The first-order valence-electron chi connectivity index (χ1n) is 7.26. The molecule has 3 aromatic carbocycles. The van der Waals surface area contributed by atoms with Crippen LogP contribution in [0.2, 0.25) is 0 Å². The minimum atomic E-state index is -0.315. The molecule has 0 bridgehead atoms. The van der Waals surface area contributed by atoms with Crippen LogP contribution in [0.4, 0.5) is 0 Å². The Morgan fingerprint density at radius 3 is 2.30 bits per heavy atom. The maximum absolute atomic E-state index is 12.0. The lowest BCUT2D eigenvalue weighted by Gasteiger charge is -2.05. The van der Waals surface area contributed by atoms with Gasteiger partial charge in [-0.15, -0.1) is 0 Å². The number of fused-ring (bicyclic) bond motifs is 1. The van der Waals surface area contributed by atoms with Gasteiger partial charge in [-0.3, -0.25) is 4.79 Å². The highest BCUT2D eigenvalue weighted by molar-refractivity contribution is 6.03. The van der Waals surface area contributed by atoms with Crippen molar-refractivity contribution in [1.82, 2.24) is 5.43 Å². The van der Waals surface area contributed by atoms with E-state index in [-0.39, 0.29) is 11.7 Å². The minimum Gasteiger partial charge on any atom is -0.508 e. The number of hydrogen-bond donors (Lipinski definition) is 2. The Kier molecular flexibility index (Phi) is 4.06. The maximum Gasteiger partial charge on any atom is 0.271 e. The molecule has 0 atom stereocenters. The van der Waals surface area contributed by atoms with Gasteiger partial charge in [0.15, 0.2) is 0 Å². The second-order valence-corrected chi connectivity index (χ2v) is 5.25. The first kappa shape index (κ1) is 14.8. The van der Waals surface area contributed by atoms with Crippen LogP contribution in [0.3, 0.4) is 0 Å². The Morgan fingerprint density at radius 1 is 0.913 bits per heavy atom. The van der Waals surface area contributed by atoms with Gasteiger partial charge in [-0.1, -0.05) is 36.4 Å². The van der Waals surface area contributed by atoms with E-state index in [0.29, 0.717) is 5.56 Å². The van der Waals surface area contributed by atoms with Crippen LogP contribution in [0.25, 0.3) is 10.8 Å². The number of nitrogens with zero attached hydrogens (tertiary/aromatic N) is 1. The Labute approximate surface area is 134 Å². The van der Waals surface area contributed by atoms with Crippen LogP contribution in [-0.4, -0.2) is 16.7 Å². The number of hydrogen-bond acceptors (Lipinski definition) is 3. The van der Waals surface area contributed by atoms with Crippen molar-refractivity contribution in [2.45, 2.75) is 6.92 Å². The summed E-state index contributed by atoms with van der Waals surface area (Å²) in [5, 5.41) is 15.7. The third kappa shape index (κ3) is 3.37. The molecule has 0 aliphatic rings. The SMILES string of the molecule is CC(=NNC(=O)c1ccc(O)cc1)c1ccc2ccccc2c1. The second kappa shape index (κ2) is 6.32. The highest BCUT2D eigenvalue weighted by Crippen LogP contribution is 2.16. The summed E-state index contributed by atoms with van der Waals surface area (Å²) in [5.74, 6) is -0.192. The van der Waals surface area contributed by atoms with E-state index in [1.807, 2.05) is 43.3 Å². The van der Waals surface area contributed by atoms with Gasteiger partial charge in [0, 0.05) is 5.56 Å². The van der Waals surface area contributed by atoms with Crippen LogP contribution in [0.15, 0.2) is 71.8 Å². The zero-order valence-corrected chi connectivity index (χ0v) is 12.7. The zero-order chi connectivity index (χ0) is 16.2. The Balaban J connectivity index is 1.78. The third-order valence-corrected chi connectivity index (χ3v) is 3.62. The van der Waals surface area contributed by atoms with Gasteiger partial charge in [0.05, 0.1) is 5.71 Å². The van der Waals surface area contributed by atoms with Crippen molar-refractivity contribution in [3.05, 3.63) is 77.9 Å². The molecule has 3 rings (SSSR count). The van der Waals surface area contributed by atoms with E-state index >= 15 is 0 Å². The lowest BCUT2D eigenvalue weighted by atomic mass is 10.0. The Morgan fingerprint density at radius 2 is 1.57 bits per heavy atom. The van der Waals surface area contributed by atoms with Crippen molar-refractivity contribution < 1.29 is 9.90 Å². The summed E-state index contributed by atoms with van der Waals surface area (Å²) in [7, 11) is 0. The average molecular weight is 304 g/mol. The van der Waals surface area contributed by atoms with E-state index in [0.717, 1.165) is 22.0 Å². The molecular weight excluding hydrogens is 288 g/mol. The van der Waals surface area contributed by atoms with Crippen molar-refractivity contribution >= 4 is 22.4 Å². The number of phenols is 1. The second-order valence-electron chi connectivity index (χ2n) is 5.25. The lowest BCUT2D eigenvalue weighted by Crippen LogP contribution is -2.19. The van der Waals surface area contributed by atoms with Gasteiger partial charge in [-0.2, -0.15) is 5.10 Å². The van der Waals surface area contributed by atoms with Gasteiger partial charge in [0.1, 0.15) is 5.75 Å². The predicted octanol–water partition coefficient (Wildman–Crippen LogP) is 3.70. The third-order valence-electron chi connectivity index (χ3n) is 3.62. The van der Waals surface area contributed by atoms with E-state index in [2.05, 4.69) is 16.6 Å². The van der Waals surface area contributed by atoms with Gasteiger partial charge in [-0.25, -0.2) is 5.43 Å². The molecule has 0 unspecified atom stereocenters. The average Bonchev–Trinajstić information content (AvgIpc) is 2.59. The van der Waals surface area contributed by atoms with Gasteiger partial charge in [-0.05, 0) is 53.6 Å². The molecule has 2 N–H and O–H groups in total. The van der Waals surface area contributed by atoms with E-state index in [9.17, 15) is 9.90 Å². The lowest BCUT2D eigenvalue weighted by molar-refractivity contribution is 0.0955. The van der Waals surface area contributed by atoms with Crippen LogP contribution >= 0.6 is 0 Å². The molecule has 0 saturated heterocycles. The summed E-state index contributed by atoms with van der Waals surface area (Å²) in [6.07, 6.45) is 0. The number of hydrazone groups is 1. The van der Waals surface area contributed by atoms with Gasteiger partial charge >= 0.3 is 0 Å². The number of amides is 1. The van der Waals surface area contributed by atoms with Crippen LogP contribution in [0.1, 0.15) is 22.8 Å². The molecule has 114 valence electrons. The standard InChI is InChI=1S/C19H16N2O2/c1-13(16-7-6-14-4-2-3-5-17(14)12-16)20-21-19(23)15-8-10-18(22)11-9-15/h2-12,22H,1H3,(H,21,23). The highest BCUT2D eigenvalue weighted by atomic mass is 16.3. The van der Waals surface area contributed by atoms with Crippen molar-refractivity contribution in [1.29, 1.82) is 0 Å². The van der Waals surface area contributed by atoms with Gasteiger partial charge < -0.3 is 5.11 Å². The smallest absolute Gasteiger partial charge is 0.271 e. The fraction of sp³-hybridized carbons (Fsp3) is 0.0526. The molecule has 0 heterocycles. The van der Waals surface area contributed by atoms with E-state index in [4.69, 9.17) is 0 Å². The van der Waals surface area contributed by atoms with Crippen molar-refractivity contribution in [3.8, 4) is 5.75 Å². The molecule has 0 aliphatic heterocycles. The van der Waals surface area contributed by atoms with Crippen LogP contribution < -0.4 is 5.43 Å². The zero-order valence-electron chi connectivity index (χ0n) is 12.7. The van der Waals surface area contributed by atoms with Crippen molar-refractivity contribution in [3.63, 3.8) is 0 Å². The first-order chi connectivity index (χ1) is 11.1. The number of rotatable bonds is 3. The molecule has 0 aromatic heterocycles. The van der Waals surface area contributed by atoms with E-state index in [1.54, 1.807) is 12.1 Å². The number of carbonyl (C=O) groups excluding carboxylic acids is 1. The number of carbonyl (C=O) groups is 1. The van der Waals surface area contributed by atoms with Gasteiger partial charge in [0.2, 0.25) is 0 Å². The Bertz CT molecular complexity index is 883. The summed E-state index contributed by atoms with van der Waals surface area (Å²) < 4.78 is 0. The minimum absolute atomic E-state index is 0.123. The number of aromatic hydroxyl groups is 1. The molecule has 3 aromatic rings. The summed E-state index contributed by atoms with van der Waals surface area (Å²) >= 11 is 0. The molecule has 4 nitrogen and oxygen atoms in total. The van der Waals surface area contributed by atoms with Crippen molar-refractivity contribution in [2.24, 2.45) is 5.10 Å². The fourth-order valence-electron chi connectivity index (χ4n) is 2.29. The number of phenolic OH excluding ortho intramolecular Hbond substituents is 1. The van der Waals surface area contributed by atoms with Crippen LogP contribution in [-0.2, 0) is 0 Å².